The molecule has 0 spiro atoms. The minimum absolute atomic E-state index is 0.468. The van der Waals surface area contributed by atoms with Gasteiger partial charge in [0.15, 0.2) is 11.5 Å². The highest BCUT2D eigenvalue weighted by atomic mass is 16.5. The van der Waals surface area contributed by atoms with Crippen molar-refractivity contribution in [3.05, 3.63) is 53.9 Å². The Morgan fingerprint density at radius 2 is 1.80 bits per heavy atom. The van der Waals surface area contributed by atoms with Crippen molar-refractivity contribution in [1.29, 1.82) is 0 Å². The van der Waals surface area contributed by atoms with E-state index in [1.54, 1.807) is 19.5 Å². The van der Waals surface area contributed by atoms with E-state index >= 15 is 0 Å². The van der Waals surface area contributed by atoms with E-state index in [1.807, 2.05) is 44.2 Å². The second-order valence-corrected chi connectivity index (χ2v) is 5.04. The lowest BCUT2D eigenvalue weighted by Crippen LogP contribution is -2.25. The molecule has 1 aromatic heterocycles. The molecular weight excluding hydrogens is 252 g/mol. The van der Waals surface area contributed by atoms with Gasteiger partial charge >= 0.3 is 0 Å². The van der Waals surface area contributed by atoms with Gasteiger partial charge in [0, 0.05) is 18.9 Å². The van der Waals surface area contributed by atoms with Crippen molar-refractivity contribution in [2.75, 3.05) is 7.11 Å². The van der Waals surface area contributed by atoms with Crippen LogP contribution in [0.2, 0.25) is 0 Å². The van der Waals surface area contributed by atoms with Gasteiger partial charge in [-0.1, -0.05) is 6.07 Å². The first-order chi connectivity index (χ1) is 9.56. The predicted octanol–water partition coefficient (Wildman–Crippen LogP) is 2.86. The molecule has 0 amide bonds. The number of nitrogens with two attached hydrogens (primary N) is 1. The number of hydrogen-bond acceptors (Lipinski definition) is 4. The standard InChI is InChI=1S/C16H20N2O2/c1-16(2,13-6-8-18-9-7-13)20-15-10-12(11-17)4-5-14(15)19-3/h4-10H,11,17H2,1-3H3. The molecule has 0 aliphatic rings. The summed E-state index contributed by atoms with van der Waals surface area (Å²) < 4.78 is 11.5. The molecular formula is C16H20N2O2. The predicted molar refractivity (Wildman–Crippen MR) is 78.8 cm³/mol. The van der Waals surface area contributed by atoms with Crippen molar-refractivity contribution < 1.29 is 9.47 Å². The number of hydrogen-bond donors (Lipinski definition) is 1. The van der Waals surface area contributed by atoms with Crippen LogP contribution in [-0.4, -0.2) is 12.1 Å². The smallest absolute Gasteiger partial charge is 0.162 e. The maximum absolute atomic E-state index is 6.14. The van der Waals surface area contributed by atoms with Gasteiger partial charge < -0.3 is 15.2 Å². The highest BCUT2D eigenvalue weighted by Gasteiger charge is 2.24. The molecule has 20 heavy (non-hydrogen) atoms. The lowest BCUT2D eigenvalue weighted by Gasteiger charge is -2.28. The van der Waals surface area contributed by atoms with E-state index in [4.69, 9.17) is 15.2 Å². The second-order valence-electron chi connectivity index (χ2n) is 5.04. The van der Waals surface area contributed by atoms with E-state index in [9.17, 15) is 0 Å². The third-order valence-electron chi connectivity index (χ3n) is 3.20. The van der Waals surface area contributed by atoms with Crippen LogP contribution in [0.3, 0.4) is 0 Å². The average Bonchev–Trinajstić information content (AvgIpc) is 2.47. The summed E-state index contributed by atoms with van der Waals surface area (Å²) in [6, 6.07) is 9.62. The Kier molecular flexibility index (Phi) is 4.25. The van der Waals surface area contributed by atoms with E-state index < -0.39 is 5.60 Å². The molecule has 106 valence electrons. The molecule has 4 nitrogen and oxygen atoms in total. The third kappa shape index (κ3) is 3.08. The Morgan fingerprint density at radius 3 is 2.40 bits per heavy atom. The summed E-state index contributed by atoms with van der Waals surface area (Å²) in [4.78, 5) is 4.03. The zero-order valence-electron chi connectivity index (χ0n) is 12.1. The Morgan fingerprint density at radius 1 is 1.10 bits per heavy atom. The second kappa shape index (κ2) is 5.92. The minimum Gasteiger partial charge on any atom is -0.493 e. The molecule has 0 unspecified atom stereocenters. The van der Waals surface area contributed by atoms with Gasteiger partial charge in [0.2, 0.25) is 0 Å². The number of nitrogens with zero attached hydrogens (tertiary/aromatic N) is 1. The summed E-state index contributed by atoms with van der Waals surface area (Å²) in [5.74, 6) is 1.39. The number of aromatic nitrogens is 1. The summed E-state index contributed by atoms with van der Waals surface area (Å²) in [6.07, 6.45) is 3.52. The maximum atomic E-state index is 6.14. The fraction of sp³-hybridized carbons (Fsp3) is 0.312. The van der Waals surface area contributed by atoms with Crippen LogP contribution in [0, 0.1) is 0 Å². The molecule has 1 heterocycles. The summed E-state index contributed by atoms with van der Waals surface area (Å²) in [7, 11) is 1.63. The van der Waals surface area contributed by atoms with Gasteiger partial charge in [-0.3, -0.25) is 4.98 Å². The SMILES string of the molecule is COc1ccc(CN)cc1OC(C)(C)c1ccncc1. The van der Waals surface area contributed by atoms with Crippen LogP contribution in [0.15, 0.2) is 42.7 Å². The van der Waals surface area contributed by atoms with Crippen LogP contribution in [-0.2, 0) is 12.1 Å². The van der Waals surface area contributed by atoms with E-state index in [2.05, 4.69) is 4.98 Å². The summed E-state index contributed by atoms with van der Waals surface area (Å²) in [5.41, 5.74) is 7.25. The lowest BCUT2D eigenvalue weighted by molar-refractivity contribution is 0.104. The fourth-order valence-electron chi connectivity index (χ4n) is 2.01. The van der Waals surface area contributed by atoms with Crippen molar-refractivity contribution in [3.8, 4) is 11.5 Å². The quantitative estimate of drug-likeness (QED) is 0.909. The first-order valence-electron chi connectivity index (χ1n) is 6.53. The van der Waals surface area contributed by atoms with Crippen molar-refractivity contribution in [1.82, 2.24) is 4.98 Å². The van der Waals surface area contributed by atoms with Gasteiger partial charge in [-0.05, 0) is 49.2 Å². The number of rotatable bonds is 5. The first kappa shape index (κ1) is 14.3. The lowest BCUT2D eigenvalue weighted by atomic mass is 9.99. The van der Waals surface area contributed by atoms with E-state index in [-0.39, 0.29) is 0 Å². The van der Waals surface area contributed by atoms with E-state index in [0.29, 0.717) is 18.0 Å². The summed E-state index contributed by atoms with van der Waals surface area (Å²) in [6.45, 7) is 4.49. The molecule has 2 aromatic rings. The number of ether oxygens (including phenoxy) is 2. The molecule has 0 radical (unpaired) electrons. The first-order valence-corrected chi connectivity index (χ1v) is 6.53. The fourth-order valence-corrected chi connectivity index (χ4v) is 2.01. The summed E-state index contributed by atoms with van der Waals surface area (Å²) >= 11 is 0. The van der Waals surface area contributed by atoms with Gasteiger partial charge in [0.25, 0.3) is 0 Å². The maximum Gasteiger partial charge on any atom is 0.162 e. The van der Waals surface area contributed by atoms with Crippen LogP contribution in [0.5, 0.6) is 11.5 Å². The minimum atomic E-state index is -0.483. The van der Waals surface area contributed by atoms with E-state index in [1.165, 1.54) is 0 Å². The zero-order chi connectivity index (χ0) is 14.6. The highest BCUT2D eigenvalue weighted by molar-refractivity contribution is 5.43. The Hall–Kier alpha value is -2.07. The van der Waals surface area contributed by atoms with Crippen molar-refractivity contribution in [2.24, 2.45) is 5.73 Å². The number of methoxy groups -OCH3 is 1. The average molecular weight is 272 g/mol. The largest absolute Gasteiger partial charge is 0.493 e. The molecule has 0 saturated carbocycles. The van der Waals surface area contributed by atoms with Crippen LogP contribution < -0.4 is 15.2 Å². The molecule has 0 aliphatic heterocycles. The van der Waals surface area contributed by atoms with Crippen molar-refractivity contribution in [3.63, 3.8) is 0 Å². The topological polar surface area (TPSA) is 57.4 Å². The van der Waals surface area contributed by atoms with Gasteiger partial charge in [-0.2, -0.15) is 0 Å². The molecule has 0 atom stereocenters. The van der Waals surface area contributed by atoms with Crippen LogP contribution >= 0.6 is 0 Å². The molecule has 2 N–H and O–H groups in total. The molecule has 1 aromatic carbocycles. The Balaban J connectivity index is 2.33. The highest BCUT2D eigenvalue weighted by Crippen LogP contribution is 2.34. The van der Waals surface area contributed by atoms with E-state index in [0.717, 1.165) is 11.1 Å². The van der Waals surface area contributed by atoms with Crippen LogP contribution in [0.4, 0.5) is 0 Å². The monoisotopic (exact) mass is 272 g/mol. The van der Waals surface area contributed by atoms with Crippen LogP contribution in [0.25, 0.3) is 0 Å². The van der Waals surface area contributed by atoms with Gasteiger partial charge in [-0.25, -0.2) is 0 Å². The molecule has 0 saturated heterocycles. The molecule has 0 bridgehead atoms. The normalized spacial score (nSPS) is 11.2. The van der Waals surface area contributed by atoms with Gasteiger partial charge in [0.1, 0.15) is 5.60 Å². The Bertz CT molecular complexity index is 568. The molecule has 2 rings (SSSR count). The summed E-state index contributed by atoms with van der Waals surface area (Å²) in [5, 5.41) is 0. The van der Waals surface area contributed by atoms with Crippen molar-refractivity contribution in [2.45, 2.75) is 26.0 Å². The molecule has 0 fully saturated rings. The number of benzene rings is 1. The third-order valence-corrected chi connectivity index (χ3v) is 3.20. The van der Waals surface area contributed by atoms with Crippen molar-refractivity contribution >= 4 is 0 Å². The number of pyridine rings is 1. The van der Waals surface area contributed by atoms with Gasteiger partial charge in [-0.15, -0.1) is 0 Å². The van der Waals surface area contributed by atoms with Crippen LogP contribution in [0.1, 0.15) is 25.0 Å². The Labute approximate surface area is 119 Å². The molecule has 0 aliphatic carbocycles. The van der Waals surface area contributed by atoms with Gasteiger partial charge in [0.05, 0.1) is 7.11 Å². The molecule has 4 heteroatoms. The zero-order valence-corrected chi connectivity index (χ0v) is 12.1.